The number of hydrogen-bond donors (Lipinski definition) is 1. The Hall–Kier alpha value is -1.37. The highest BCUT2D eigenvalue weighted by Gasteiger charge is 2.29. The van der Waals surface area contributed by atoms with Crippen LogP contribution < -0.4 is 5.73 Å². The lowest BCUT2D eigenvalue weighted by atomic mass is 10.1. The van der Waals surface area contributed by atoms with E-state index >= 15 is 0 Å². The van der Waals surface area contributed by atoms with Crippen LogP contribution in [0.5, 0.6) is 0 Å². The summed E-state index contributed by atoms with van der Waals surface area (Å²) >= 11 is 0. The summed E-state index contributed by atoms with van der Waals surface area (Å²) < 4.78 is 13.7. The minimum absolute atomic E-state index is 0.254. The smallest absolute Gasteiger partial charge is 0.138 e. The van der Waals surface area contributed by atoms with Gasteiger partial charge in [0.2, 0.25) is 0 Å². The second kappa shape index (κ2) is 6.60. The van der Waals surface area contributed by atoms with Crippen molar-refractivity contribution in [3.63, 3.8) is 0 Å². The molecule has 21 heavy (non-hydrogen) atoms. The molecule has 112 valence electrons. The lowest BCUT2D eigenvalue weighted by molar-refractivity contribution is 0.244. The second-order valence-corrected chi connectivity index (χ2v) is 6.40. The number of nitrogens with zero attached hydrogens (tertiary/aromatic N) is 1. The molecule has 2 aliphatic rings. The molecule has 0 amide bonds. The topological polar surface area (TPSA) is 29.3 Å². The third kappa shape index (κ3) is 4.56. The molecule has 0 unspecified atom stereocenters. The molecule has 2 aliphatic carbocycles. The number of hydrogen-bond acceptors (Lipinski definition) is 2. The van der Waals surface area contributed by atoms with Gasteiger partial charge in [-0.15, -0.1) is 0 Å². The fraction of sp³-hybridized carbons (Fsp3) is 0.556. The van der Waals surface area contributed by atoms with E-state index in [4.69, 9.17) is 5.73 Å². The maximum atomic E-state index is 13.7. The first-order valence-electron chi connectivity index (χ1n) is 7.94. The third-order valence-corrected chi connectivity index (χ3v) is 4.19. The first-order chi connectivity index (χ1) is 10.2. The molecule has 1 aromatic carbocycles. The van der Waals surface area contributed by atoms with Gasteiger partial charge in [0.25, 0.3) is 0 Å². The number of benzene rings is 1. The summed E-state index contributed by atoms with van der Waals surface area (Å²) in [6.45, 7) is 3.55. The summed E-state index contributed by atoms with van der Waals surface area (Å²) in [6, 6.07) is 5.29. The SMILES string of the molecule is NCC#Cc1cc(CN(CC2CC2)CC2CC2)ccc1F. The molecule has 2 N–H and O–H groups in total. The minimum Gasteiger partial charge on any atom is -0.320 e. The van der Waals surface area contributed by atoms with Gasteiger partial charge in [-0.05, 0) is 55.2 Å². The third-order valence-electron chi connectivity index (χ3n) is 4.19. The quantitative estimate of drug-likeness (QED) is 0.815. The van der Waals surface area contributed by atoms with Crippen LogP contribution in [0.25, 0.3) is 0 Å². The molecule has 0 heterocycles. The van der Waals surface area contributed by atoms with Gasteiger partial charge in [-0.3, -0.25) is 4.90 Å². The van der Waals surface area contributed by atoms with Crippen LogP contribution in [0.15, 0.2) is 18.2 Å². The van der Waals surface area contributed by atoms with E-state index in [1.807, 2.05) is 12.1 Å². The Morgan fingerprint density at radius 2 is 1.81 bits per heavy atom. The van der Waals surface area contributed by atoms with Gasteiger partial charge in [0, 0.05) is 19.6 Å². The predicted octanol–water partition coefficient (Wildman–Crippen LogP) is 2.76. The Morgan fingerprint density at radius 1 is 1.14 bits per heavy atom. The van der Waals surface area contributed by atoms with E-state index in [9.17, 15) is 4.39 Å². The van der Waals surface area contributed by atoms with E-state index in [1.54, 1.807) is 0 Å². The first kappa shape index (κ1) is 14.6. The van der Waals surface area contributed by atoms with Gasteiger partial charge >= 0.3 is 0 Å². The predicted molar refractivity (Wildman–Crippen MR) is 83.1 cm³/mol. The first-order valence-corrected chi connectivity index (χ1v) is 7.94. The van der Waals surface area contributed by atoms with Crippen molar-refractivity contribution >= 4 is 0 Å². The Balaban J connectivity index is 1.68. The monoisotopic (exact) mass is 286 g/mol. The van der Waals surface area contributed by atoms with E-state index in [2.05, 4.69) is 16.7 Å². The summed E-state index contributed by atoms with van der Waals surface area (Å²) in [4.78, 5) is 2.54. The van der Waals surface area contributed by atoms with Crippen molar-refractivity contribution in [1.82, 2.24) is 4.90 Å². The van der Waals surface area contributed by atoms with Gasteiger partial charge in [0.05, 0.1) is 12.1 Å². The van der Waals surface area contributed by atoms with Crippen LogP contribution >= 0.6 is 0 Å². The highest BCUT2D eigenvalue weighted by atomic mass is 19.1. The molecule has 2 fully saturated rings. The summed E-state index contributed by atoms with van der Waals surface area (Å²) in [5.74, 6) is 7.08. The van der Waals surface area contributed by atoms with E-state index in [1.165, 1.54) is 44.8 Å². The number of nitrogens with two attached hydrogens (primary N) is 1. The molecule has 0 aromatic heterocycles. The molecule has 0 aliphatic heterocycles. The molecule has 0 bridgehead atoms. The van der Waals surface area contributed by atoms with Crippen LogP contribution in [0.3, 0.4) is 0 Å². The minimum atomic E-state index is -0.254. The second-order valence-electron chi connectivity index (χ2n) is 6.40. The Labute approximate surface area is 126 Å². The molecule has 2 saturated carbocycles. The Morgan fingerprint density at radius 3 is 2.38 bits per heavy atom. The summed E-state index contributed by atoms with van der Waals surface area (Å²) in [7, 11) is 0. The summed E-state index contributed by atoms with van der Waals surface area (Å²) in [6.07, 6.45) is 5.49. The van der Waals surface area contributed by atoms with Crippen LogP contribution in [-0.2, 0) is 6.54 Å². The zero-order valence-electron chi connectivity index (χ0n) is 12.4. The van der Waals surface area contributed by atoms with Crippen molar-refractivity contribution in [2.24, 2.45) is 17.6 Å². The number of halogens is 1. The van der Waals surface area contributed by atoms with Crippen molar-refractivity contribution in [1.29, 1.82) is 0 Å². The molecule has 0 saturated heterocycles. The van der Waals surface area contributed by atoms with Gasteiger partial charge in [0.1, 0.15) is 5.82 Å². The van der Waals surface area contributed by atoms with Crippen molar-refractivity contribution in [3.05, 3.63) is 35.1 Å². The largest absolute Gasteiger partial charge is 0.320 e. The van der Waals surface area contributed by atoms with Crippen molar-refractivity contribution in [2.45, 2.75) is 32.2 Å². The lowest BCUT2D eigenvalue weighted by Gasteiger charge is -2.22. The van der Waals surface area contributed by atoms with Gasteiger partial charge in [-0.25, -0.2) is 4.39 Å². The molecule has 1 aromatic rings. The van der Waals surface area contributed by atoms with Crippen molar-refractivity contribution < 1.29 is 4.39 Å². The van der Waals surface area contributed by atoms with Gasteiger partial charge in [-0.1, -0.05) is 17.9 Å². The molecule has 0 radical (unpaired) electrons. The molecular weight excluding hydrogens is 263 g/mol. The van der Waals surface area contributed by atoms with Crippen LogP contribution in [0.1, 0.15) is 36.8 Å². The molecule has 0 atom stereocenters. The average molecular weight is 286 g/mol. The van der Waals surface area contributed by atoms with Crippen molar-refractivity contribution in [2.75, 3.05) is 19.6 Å². The zero-order valence-corrected chi connectivity index (χ0v) is 12.4. The maximum Gasteiger partial charge on any atom is 0.138 e. The van der Waals surface area contributed by atoms with Gasteiger partial charge in [0.15, 0.2) is 0 Å². The standard InChI is InChI=1S/C18H23FN2/c19-18-8-7-16(10-17(18)2-1-9-20)13-21(11-14-3-4-14)12-15-5-6-15/h7-8,10,14-15H,3-6,9,11-13,20H2. The van der Waals surface area contributed by atoms with E-state index in [-0.39, 0.29) is 12.4 Å². The summed E-state index contributed by atoms with van der Waals surface area (Å²) in [5, 5.41) is 0. The van der Waals surface area contributed by atoms with Crippen LogP contribution in [0.4, 0.5) is 4.39 Å². The van der Waals surface area contributed by atoms with Crippen LogP contribution in [-0.4, -0.2) is 24.5 Å². The van der Waals surface area contributed by atoms with Crippen LogP contribution in [0.2, 0.25) is 0 Å². The molecular formula is C18H23FN2. The molecule has 0 spiro atoms. The molecule has 2 nitrogen and oxygen atoms in total. The molecule has 3 rings (SSSR count). The fourth-order valence-electron chi connectivity index (χ4n) is 2.71. The fourth-order valence-corrected chi connectivity index (χ4v) is 2.71. The van der Waals surface area contributed by atoms with E-state index < -0.39 is 0 Å². The highest BCUT2D eigenvalue weighted by Crippen LogP contribution is 2.34. The zero-order chi connectivity index (χ0) is 14.7. The van der Waals surface area contributed by atoms with E-state index in [0.717, 1.165) is 23.9 Å². The normalized spacial score (nSPS) is 17.7. The number of rotatable bonds is 6. The highest BCUT2D eigenvalue weighted by molar-refractivity contribution is 5.38. The van der Waals surface area contributed by atoms with E-state index in [0.29, 0.717) is 5.56 Å². The van der Waals surface area contributed by atoms with Gasteiger partial charge in [-0.2, -0.15) is 0 Å². The van der Waals surface area contributed by atoms with Crippen molar-refractivity contribution in [3.8, 4) is 11.8 Å². The average Bonchev–Trinajstić information content (AvgIpc) is 3.36. The molecule has 3 heteroatoms. The van der Waals surface area contributed by atoms with Gasteiger partial charge < -0.3 is 5.73 Å². The maximum absolute atomic E-state index is 13.7. The summed E-state index contributed by atoms with van der Waals surface area (Å²) in [5.41, 5.74) is 6.98. The lowest BCUT2D eigenvalue weighted by Crippen LogP contribution is -2.27. The Bertz CT molecular complexity index is 536. The Kier molecular flexibility index (Phi) is 4.57. The van der Waals surface area contributed by atoms with Crippen LogP contribution in [0, 0.1) is 29.5 Å².